The third-order valence-corrected chi connectivity index (χ3v) is 7.00. The summed E-state index contributed by atoms with van der Waals surface area (Å²) in [6.07, 6.45) is 1.07. The molecule has 0 spiro atoms. The topological polar surface area (TPSA) is 86.8 Å². The molecule has 0 heterocycles. The van der Waals surface area contributed by atoms with Crippen molar-refractivity contribution >= 4 is 39.1 Å². The van der Waals surface area contributed by atoms with E-state index in [1.165, 1.54) is 4.90 Å². The van der Waals surface area contributed by atoms with Gasteiger partial charge in [0.05, 0.1) is 11.9 Å². The van der Waals surface area contributed by atoms with Crippen LogP contribution in [0.5, 0.6) is 0 Å². The number of nitrogens with one attached hydrogen (secondary N) is 1. The van der Waals surface area contributed by atoms with E-state index in [1.807, 2.05) is 19.9 Å². The molecule has 9 heteroatoms. The van der Waals surface area contributed by atoms with Gasteiger partial charge in [-0.15, -0.1) is 0 Å². The summed E-state index contributed by atoms with van der Waals surface area (Å²) in [6.45, 7) is 9.29. The molecule has 0 unspecified atom stereocenters. The van der Waals surface area contributed by atoms with Crippen molar-refractivity contribution in [2.24, 2.45) is 5.92 Å². The van der Waals surface area contributed by atoms with Crippen LogP contribution in [0.15, 0.2) is 42.5 Å². The van der Waals surface area contributed by atoms with Crippen LogP contribution in [0.3, 0.4) is 0 Å². The van der Waals surface area contributed by atoms with Gasteiger partial charge in [-0.2, -0.15) is 0 Å². The first kappa shape index (κ1) is 27.7. The van der Waals surface area contributed by atoms with Gasteiger partial charge in [0.15, 0.2) is 0 Å². The van der Waals surface area contributed by atoms with Gasteiger partial charge >= 0.3 is 0 Å². The monoisotopic (exact) mass is 507 g/mol. The average molecular weight is 508 g/mol. The summed E-state index contributed by atoms with van der Waals surface area (Å²) in [7, 11) is -3.78. The Bertz CT molecular complexity index is 1110. The van der Waals surface area contributed by atoms with Crippen LogP contribution in [0.1, 0.15) is 37.5 Å². The van der Waals surface area contributed by atoms with Gasteiger partial charge in [0.2, 0.25) is 21.8 Å². The number of aryl methyl sites for hydroxylation is 2. The van der Waals surface area contributed by atoms with Crippen molar-refractivity contribution in [3.05, 3.63) is 64.2 Å². The second-order valence-corrected chi connectivity index (χ2v) is 11.3. The second kappa shape index (κ2) is 11.7. The van der Waals surface area contributed by atoms with E-state index in [0.29, 0.717) is 22.8 Å². The zero-order valence-corrected chi connectivity index (χ0v) is 22.2. The van der Waals surface area contributed by atoms with Crippen LogP contribution in [0, 0.1) is 19.8 Å². The number of carbonyl (C=O) groups is 2. The normalized spacial score (nSPS) is 12.4. The van der Waals surface area contributed by atoms with Crippen LogP contribution < -0.4 is 9.62 Å². The standard InChI is InChI=1S/C25H34ClN3O4S/c1-17(2)14-27-25(31)20(5)28(15-21-12-7-8-13-22(21)26)23(30)16-29(34(6,32)33)24-18(3)10-9-11-19(24)4/h7-13,17,20H,14-16H2,1-6H3,(H,27,31)/t20-/m1/s1. The summed E-state index contributed by atoms with van der Waals surface area (Å²) in [4.78, 5) is 27.8. The van der Waals surface area contributed by atoms with Crippen LogP contribution in [0.25, 0.3) is 0 Å². The minimum atomic E-state index is -3.78. The minimum Gasteiger partial charge on any atom is -0.354 e. The highest BCUT2D eigenvalue weighted by molar-refractivity contribution is 7.92. The lowest BCUT2D eigenvalue weighted by Gasteiger charge is -2.32. The summed E-state index contributed by atoms with van der Waals surface area (Å²) < 4.78 is 26.6. The molecule has 2 aromatic rings. The summed E-state index contributed by atoms with van der Waals surface area (Å²) in [5.74, 6) is -0.569. The number of anilines is 1. The summed E-state index contributed by atoms with van der Waals surface area (Å²) in [6, 6.07) is 11.7. The molecule has 34 heavy (non-hydrogen) atoms. The molecule has 0 aromatic heterocycles. The zero-order valence-electron chi connectivity index (χ0n) is 20.6. The molecule has 0 radical (unpaired) electrons. The lowest BCUT2D eigenvalue weighted by molar-refractivity contribution is -0.139. The fourth-order valence-electron chi connectivity index (χ4n) is 3.62. The molecule has 0 bridgehead atoms. The zero-order chi connectivity index (χ0) is 25.6. The van der Waals surface area contributed by atoms with Gasteiger partial charge in [0.1, 0.15) is 12.6 Å². The maximum Gasteiger partial charge on any atom is 0.244 e. The Labute approximate surface area is 208 Å². The molecule has 1 atom stereocenters. The van der Waals surface area contributed by atoms with Gasteiger partial charge in [-0.3, -0.25) is 13.9 Å². The first-order valence-electron chi connectivity index (χ1n) is 11.2. The number of carbonyl (C=O) groups excluding carboxylic acids is 2. The van der Waals surface area contributed by atoms with Crippen molar-refractivity contribution in [1.29, 1.82) is 0 Å². The number of para-hydroxylation sites is 1. The van der Waals surface area contributed by atoms with Gasteiger partial charge in [-0.05, 0) is 49.4 Å². The maximum absolute atomic E-state index is 13.6. The van der Waals surface area contributed by atoms with Crippen molar-refractivity contribution in [1.82, 2.24) is 10.2 Å². The SMILES string of the molecule is Cc1cccc(C)c1N(CC(=O)N(Cc1ccccc1Cl)[C@H](C)C(=O)NCC(C)C)S(C)(=O)=O. The van der Waals surface area contributed by atoms with Gasteiger partial charge in [-0.1, -0.05) is 61.8 Å². The van der Waals surface area contributed by atoms with Crippen LogP contribution >= 0.6 is 11.6 Å². The van der Waals surface area contributed by atoms with E-state index in [1.54, 1.807) is 57.2 Å². The van der Waals surface area contributed by atoms with Gasteiger partial charge in [-0.25, -0.2) is 8.42 Å². The van der Waals surface area contributed by atoms with Crippen molar-refractivity contribution in [3.8, 4) is 0 Å². The summed E-state index contributed by atoms with van der Waals surface area (Å²) in [5.41, 5.74) is 2.60. The van der Waals surface area contributed by atoms with E-state index >= 15 is 0 Å². The number of halogens is 1. The molecule has 0 aliphatic rings. The van der Waals surface area contributed by atoms with E-state index in [2.05, 4.69) is 5.32 Å². The lowest BCUT2D eigenvalue weighted by atomic mass is 10.1. The first-order chi connectivity index (χ1) is 15.8. The van der Waals surface area contributed by atoms with E-state index in [9.17, 15) is 18.0 Å². The molecule has 1 N–H and O–H groups in total. The molecule has 0 saturated heterocycles. The van der Waals surface area contributed by atoms with Crippen molar-refractivity contribution < 1.29 is 18.0 Å². The fourth-order valence-corrected chi connectivity index (χ4v) is 4.78. The van der Waals surface area contributed by atoms with E-state index in [4.69, 9.17) is 11.6 Å². The van der Waals surface area contributed by atoms with Crippen molar-refractivity contribution in [2.75, 3.05) is 23.7 Å². The Kier molecular flexibility index (Phi) is 9.53. The number of nitrogens with zero attached hydrogens (tertiary/aromatic N) is 2. The van der Waals surface area contributed by atoms with Crippen LogP contribution in [-0.4, -0.2) is 50.5 Å². The number of hydrogen-bond donors (Lipinski definition) is 1. The Morgan fingerprint density at radius 1 is 1.00 bits per heavy atom. The molecule has 2 amide bonds. The molecule has 2 rings (SSSR count). The third-order valence-electron chi connectivity index (χ3n) is 5.52. The molecule has 0 fully saturated rings. The van der Waals surface area contributed by atoms with Crippen molar-refractivity contribution in [2.45, 2.75) is 47.2 Å². The number of sulfonamides is 1. The quantitative estimate of drug-likeness (QED) is 0.528. The van der Waals surface area contributed by atoms with E-state index < -0.39 is 28.5 Å². The molecule has 0 saturated carbocycles. The summed E-state index contributed by atoms with van der Waals surface area (Å²) >= 11 is 6.33. The molecule has 0 aliphatic carbocycles. The Morgan fingerprint density at radius 2 is 1.59 bits per heavy atom. The fraction of sp³-hybridized carbons (Fsp3) is 0.440. The molecule has 186 valence electrons. The maximum atomic E-state index is 13.6. The van der Waals surface area contributed by atoms with Gasteiger partial charge in [0.25, 0.3) is 0 Å². The second-order valence-electron chi connectivity index (χ2n) is 8.94. The molecule has 2 aromatic carbocycles. The number of benzene rings is 2. The lowest BCUT2D eigenvalue weighted by Crippen LogP contribution is -2.51. The first-order valence-corrected chi connectivity index (χ1v) is 13.4. The van der Waals surface area contributed by atoms with Gasteiger partial charge in [0, 0.05) is 18.1 Å². The Hall–Kier alpha value is -2.58. The Morgan fingerprint density at radius 3 is 2.12 bits per heavy atom. The molecule has 7 nitrogen and oxygen atoms in total. The molecular formula is C25H34ClN3O4S. The highest BCUT2D eigenvalue weighted by atomic mass is 35.5. The average Bonchev–Trinajstić information content (AvgIpc) is 2.74. The third kappa shape index (κ3) is 7.21. The van der Waals surface area contributed by atoms with Crippen LogP contribution in [-0.2, 0) is 26.2 Å². The highest BCUT2D eigenvalue weighted by Crippen LogP contribution is 2.27. The van der Waals surface area contributed by atoms with E-state index in [0.717, 1.165) is 21.7 Å². The minimum absolute atomic E-state index is 0.0686. The van der Waals surface area contributed by atoms with Gasteiger partial charge < -0.3 is 10.2 Å². The predicted octanol–water partition coefficient (Wildman–Crippen LogP) is 3.91. The highest BCUT2D eigenvalue weighted by Gasteiger charge is 2.31. The predicted molar refractivity (Wildman–Crippen MR) is 137 cm³/mol. The number of hydrogen-bond acceptors (Lipinski definition) is 4. The van der Waals surface area contributed by atoms with E-state index in [-0.39, 0.29) is 18.4 Å². The smallest absolute Gasteiger partial charge is 0.244 e. The molecule has 0 aliphatic heterocycles. The van der Waals surface area contributed by atoms with Crippen LogP contribution in [0.4, 0.5) is 5.69 Å². The largest absolute Gasteiger partial charge is 0.354 e. The van der Waals surface area contributed by atoms with Crippen LogP contribution in [0.2, 0.25) is 5.02 Å². The Balaban J connectivity index is 2.44. The number of amides is 2. The summed E-state index contributed by atoms with van der Waals surface area (Å²) in [5, 5.41) is 3.32. The van der Waals surface area contributed by atoms with Crippen molar-refractivity contribution in [3.63, 3.8) is 0 Å². The number of rotatable bonds is 10. The molecular weight excluding hydrogens is 474 g/mol.